The molecule has 0 aliphatic carbocycles. The lowest BCUT2D eigenvalue weighted by atomic mass is 10.2. The van der Waals surface area contributed by atoms with Crippen molar-refractivity contribution >= 4 is 29.7 Å². The van der Waals surface area contributed by atoms with Crippen LogP contribution in [0.2, 0.25) is 19.6 Å². The van der Waals surface area contributed by atoms with Crippen molar-refractivity contribution in [2.24, 2.45) is 0 Å². The summed E-state index contributed by atoms with van der Waals surface area (Å²) in [6.07, 6.45) is 0. The van der Waals surface area contributed by atoms with Gasteiger partial charge in [0.05, 0.1) is 6.61 Å². The van der Waals surface area contributed by atoms with E-state index in [0.717, 1.165) is 0 Å². The van der Waals surface area contributed by atoms with E-state index in [9.17, 15) is 16.8 Å². The molecule has 0 unspecified atom stereocenters. The molecule has 0 aromatic heterocycles. The monoisotopic (exact) mass is 306 g/mol. The first-order valence-electron chi connectivity index (χ1n) is 4.76. The Balaban J connectivity index is 4.59. The second kappa shape index (κ2) is 5.76. The smallest absolute Gasteiger partial charge is 0.294 e. The second-order valence-electron chi connectivity index (χ2n) is 4.94. The number of rotatable bonds is 7. The standard InChI is InChI=1S/C7H18O7S2Si/c1-7(2,6-12-15(8)9)13-16(10,11)14-17(3,4)5/h15H,6H2,1-5H3. The lowest BCUT2D eigenvalue weighted by Gasteiger charge is -2.25. The van der Waals surface area contributed by atoms with E-state index < -0.39 is 41.9 Å². The lowest BCUT2D eigenvalue weighted by Crippen LogP contribution is -2.38. The first-order chi connectivity index (χ1) is 7.33. The number of thiol groups is 1. The average Bonchev–Trinajstić information content (AvgIpc) is 1.93. The Hall–Kier alpha value is -0.00312. The lowest BCUT2D eigenvalue weighted by molar-refractivity contribution is 0.0525. The van der Waals surface area contributed by atoms with Crippen molar-refractivity contribution in [2.45, 2.75) is 39.1 Å². The van der Waals surface area contributed by atoms with Gasteiger partial charge in [0.25, 0.3) is 11.0 Å². The second-order valence-corrected chi connectivity index (χ2v) is 11.5. The molecule has 0 aromatic carbocycles. The largest absolute Gasteiger partial charge is 0.390 e. The molecule has 0 saturated carbocycles. The minimum atomic E-state index is -4.16. The van der Waals surface area contributed by atoms with E-state index in [1.165, 1.54) is 13.8 Å². The van der Waals surface area contributed by atoms with Crippen LogP contribution in [0.4, 0.5) is 0 Å². The van der Waals surface area contributed by atoms with Gasteiger partial charge in [0.1, 0.15) is 5.60 Å². The molecule has 10 heteroatoms. The van der Waals surface area contributed by atoms with E-state index in [-0.39, 0.29) is 0 Å². The topological polar surface area (TPSA) is 96.0 Å². The fourth-order valence-corrected chi connectivity index (χ4v) is 4.43. The predicted octanol–water partition coefficient (Wildman–Crippen LogP) is 0.421. The third-order valence-electron chi connectivity index (χ3n) is 1.20. The Labute approximate surface area is 105 Å². The van der Waals surface area contributed by atoms with Gasteiger partial charge in [0, 0.05) is 0 Å². The summed E-state index contributed by atoms with van der Waals surface area (Å²) in [5.41, 5.74) is -1.31. The van der Waals surface area contributed by atoms with Gasteiger partial charge in [-0.15, -0.1) is 0 Å². The summed E-state index contributed by atoms with van der Waals surface area (Å²) >= 11 is 0. The molecule has 7 nitrogen and oxygen atoms in total. The van der Waals surface area contributed by atoms with Gasteiger partial charge in [0.2, 0.25) is 8.32 Å². The van der Waals surface area contributed by atoms with Crippen LogP contribution < -0.4 is 0 Å². The quantitative estimate of drug-likeness (QED) is 0.538. The fraction of sp³-hybridized carbons (Fsp3) is 1.00. The average molecular weight is 306 g/mol. The van der Waals surface area contributed by atoms with Gasteiger partial charge in [0.15, 0.2) is 0 Å². The first-order valence-corrected chi connectivity index (χ1v) is 10.6. The Morgan fingerprint density at radius 2 is 1.65 bits per heavy atom. The maximum atomic E-state index is 11.5. The molecule has 0 radical (unpaired) electrons. The summed E-state index contributed by atoms with van der Waals surface area (Å²) in [5.74, 6) is 0. The molecule has 0 amide bonds. The Morgan fingerprint density at radius 3 is 2.00 bits per heavy atom. The van der Waals surface area contributed by atoms with Crippen molar-refractivity contribution in [1.29, 1.82) is 0 Å². The van der Waals surface area contributed by atoms with Crippen LogP contribution in [0.25, 0.3) is 0 Å². The van der Waals surface area contributed by atoms with Crippen LogP contribution in [0.5, 0.6) is 0 Å². The van der Waals surface area contributed by atoms with E-state index in [1.54, 1.807) is 19.6 Å². The molecule has 0 fully saturated rings. The zero-order valence-electron chi connectivity index (χ0n) is 10.4. The van der Waals surface area contributed by atoms with Gasteiger partial charge in [-0.2, -0.15) is 8.42 Å². The van der Waals surface area contributed by atoms with Gasteiger partial charge in [-0.25, -0.2) is 12.6 Å². The van der Waals surface area contributed by atoms with Crippen molar-refractivity contribution in [1.82, 2.24) is 0 Å². The molecule has 0 rings (SSSR count). The molecule has 0 heterocycles. The van der Waals surface area contributed by atoms with Gasteiger partial charge in [-0.05, 0) is 33.5 Å². The van der Waals surface area contributed by atoms with Crippen LogP contribution in [0.15, 0.2) is 0 Å². The molecule has 0 N–H and O–H groups in total. The van der Waals surface area contributed by atoms with Crippen molar-refractivity contribution in [3.05, 3.63) is 0 Å². The van der Waals surface area contributed by atoms with E-state index >= 15 is 0 Å². The van der Waals surface area contributed by atoms with Gasteiger partial charge in [-0.3, -0.25) is 8.06 Å². The maximum Gasteiger partial charge on any atom is 0.390 e. The summed E-state index contributed by atoms with van der Waals surface area (Å²) in [4.78, 5) is 0. The molecule has 0 saturated heterocycles. The van der Waals surface area contributed by atoms with E-state index in [1.807, 2.05) is 0 Å². The van der Waals surface area contributed by atoms with Gasteiger partial charge >= 0.3 is 10.4 Å². The fourth-order valence-electron chi connectivity index (χ4n) is 0.832. The van der Waals surface area contributed by atoms with E-state index in [2.05, 4.69) is 4.18 Å². The van der Waals surface area contributed by atoms with E-state index in [4.69, 9.17) is 8.06 Å². The van der Waals surface area contributed by atoms with Crippen LogP contribution >= 0.6 is 0 Å². The zero-order valence-corrected chi connectivity index (χ0v) is 13.1. The minimum Gasteiger partial charge on any atom is -0.294 e. The van der Waals surface area contributed by atoms with Crippen molar-refractivity contribution in [2.75, 3.05) is 6.61 Å². The minimum absolute atomic E-state index is 0.403. The summed E-state index contributed by atoms with van der Waals surface area (Å²) in [5, 5.41) is 0. The third kappa shape index (κ3) is 9.68. The zero-order chi connectivity index (χ0) is 13.9. The highest BCUT2D eigenvalue weighted by atomic mass is 32.3. The highest BCUT2D eigenvalue weighted by molar-refractivity contribution is 7.83. The van der Waals surface area contributed by atoms with Crippen molar-refractivity contribution in [3.8, 4) is 0 Å². The maximum absolute atomic E-state index is 11.5. The number of hydrogen-bond donors (Lipinski definition) is 1. The molecule has 104 valence electrons. The van der Waals surface area contributed by atoms with Crippen LogP contribution in [0.3, 0.4) is 0 Å². The van der Waals surface area contributed by atoms with Crippen molar-refractivity contribution in [3.63, 3.8) is 0 Å². The molecule has 0 atom stereocenters. The third-order valence-corrected chi connectivity index (χ3v) is 5.01. The van der Waals surface area contributed by atoms with Crippen LogP contribution in [0.1, 0.15) is 13.8 Å². The molecule has 17 heavy (non-hydrogen) atoms. The summed E-state index contributed by atoms with van der Waals surface area (Å²) in [6.45, 7) is 7.43. The van der Waals surface area contributed by atoms with Gasteiger partial charge < -0.3 is 0 Å². The van der Waals surface area contributed by atoms with Crippen LogP contribution in [0, 0.1) is 0 Å². The van der Waals surface area contributed by atoms with E-state index in [0.29, 0.717) is 0 Å². The first kappa shape index (κ1) is 17.0. The summed E-state index contributed by atoms with van der Waals surface area (Å²) in [6, 6.07) is 0. The molecule has 0 aliphatic heterocycles. The molecule has 0 bridgehead atoms. The highest BCUT2D eigenvalue weighted by Gasteiger charge is 2.32. The van der Waals surface area contributed by atoms with Crippen LogP contribution in [-0.4, -0.2) is 37.4 Å². The highest BCUT2D eigenvalue weighted by Crippen LogP contribution is 2.18. The summed E-state index contributed by atoms with van der Waals surface area (Å²) < 4.78 is 57.3. The normalized spacial score (nSPS) is 14.2. The van der Waals surface area contributed by atoms with Gasteiger partial charge in [-0.1, -0.05) is 0 Å². The number of hydrogen-bond acceptors (Lipinski definition) is 7. The Kier molecular flexibility index (Phi) is 5.76. The molecule has 0 aromatic rings. The summed E-state index contributed by atoms with van der Waals surface area (Å²) in [7, 11) is -9.51. The molecular formula is C7H18O7S2Si. The molecular weight excluding hydrogens is 288 g/mol. The van der Waals surface area contributed by atoms with Crippen molar-refractivity contribution < 1.29 is 29.1 Å². The predicted molar refractivity (Wildman–Crippen MR) is 64.8 cm³/mol. The molecule has 0 aliphatic rings. The molecule has 0 spiro atoms. The Bertz CT molecular complexity index is 410. The SMILES string of the molecule is CC(C)(CO[SH](=O)=O)OS(=O)(=O)O[Si](C)(C)C. The Morgan fingerprint density at radius 1 is 1.18 bits per heavy atom. The van der Waals surface area contributed by atoms with Crippen LogP contribution in [-0.2, 0) is 33.6 Å².